The molecule has 0 aromatic rings. The third kappa shape index (κ3) is 1.76. The highest BCUT2D eigenvalue weighted by Crippen LogP contribution is 2.10. The summed E-state index contributed by atoms with van der Waals surface area (Å²) in [7, 11) is 1.86. The lowest BCUT2D eigenvalue weighted by molar-refractivity contribution is 0.160. The fraction of sp³-hybridized carbons (Fsp3) is 0.625. The van der Waals surface area contributed by atoms with E-state index < -0.39 is 0 Å². The van der Waals surface area contributed by atoms with Gasteiger partial charge in [0, 0.05) is 13.1 Å². The van der Waals surface area contributed by atoms with Crippen molar-refractivity contribution in [1.82, 2.24) is 10.2 Å². The van der Waals surface area contributed by atoms with Crippen LogP contribution in [0.3, 0.4) is 0 Å². The van der Waals surface area contributed by atoms with E-state index in [1.807, 2.05) is 7.05 Å². The van der Waals surface area contributed by atoms with Crippen LogP contribution in [0.4, 0.5) is 4.79 Å². The minimum absolute atomic E-state index is 0.153. The molecule has 0 saturated carbocycles. The highest BCUT2D eigenvalue weighted by atomic mass is 16.6. The number of nitrogens with zero attached hydrogens (tertiary/aromatic N) is 1. The van der Waals surface area contributed by atoms with Crippen molar-refractivity contribution < 1.29 is 9.53 Å². The van der Waals surface area contributed by atoms with Crippen molar-refractivity contribution >= 4 is 6.09 Å². The van der Waals surface area contributed by atoms with Gasteiger partial charge in [-0.25, -0.2) is 4.79 Å². The Morgan fingerprint density at radius 2 is 2.67 bits per heavy atom. The molecule has 0 aliphatic carbocycles. The zero-order valence-corrected chi connectivity index (χ0v) is 7.25. The summed E-state index contributed by atoms with van der Waals surface area (Å²) in [4.78, 5) is 12.7. The molecular weight excluding hydrogens is 156 g/mol. The molecule has 0 spiro atoms. The largest absolute Gasteiger partial charge is 0.447 e. The zero-order valence-electron chi connectivity index (χ0n) is 7.25. The Morgan fingerprint density at radius 1 is 1.92 bits per heavy atom. The van der Waals surface area contributed by atoms with E-state index in [0.717, 1.165) is 6.54 Å². The first-order valence-corrected chi connectivity index (χ1v) is 3.98. The predicted molar refractivity (Wildman–Crippen MR) is 46.0 cm³/mol. The summed E-state index contributed by atoms with van der Waals surface area (Å²) < 4.78 is 4.88. The fourth-order valence-corrected chi connectivity index (χ4v) is 1.26. The third-order valence-electron chi connectivity index (χ3n) is 1.84. The summed E-state index contributed by atoms with van der Waals surface area (Å²) >= 11 is 0. The topological polar surface area (TPSA) is 41.6 Å². The molecule has 1 unspecified atom stereocenters. The minimum Gasteiger partial charge on any atom is -0.447 e. The molecular formula is C8H14N2O2. The molecule has 1 fully saturated rings. The Balaban J connectivity index is 2.50. The average molecular weight is 170 g/mol. The van der Waals surface area contributed by atoms with Crippen LogP contribution in [0.2, 0.25) is 0 Å². The molecule has 1 saturated heterocycles. The van der Waals surface area contributed by atoms with Crippen LogP contribution in [-0.2, 0) is 4.74 Å². The molecule has 4 heteroatoms. The number of hydrogen-bond acceptors (Lipinski definition) is 3. The van der Waals surface area contributed by atoms with Crippen LogP contribution in [0.5, 0.6) is 0 Å². The van der Waals surface area contributed by atoms with Crippen LogP contribution >= 0.6 is 0 Å². The summed E-state index contributed by atoms with van der Waals surface area (Å²) in [5, 5.41) is 3.01. The highest BCUT2D eigenvalue weighted by molar-refractivity contribution is 5.70. The summed E-state index contributed by atoms with van der Waals surface area (Å²) in [5.41, 5.74) is 0. The van der Waals surface area contributed by atoms with Crippen molar-refractivity contribution in [1.29, 1.82) is 0 Å². The van der Waals surface area contributed by atoms with Gasteiger partial charge in [-0.05, 0) is 7.05 Å². The molecule has 4 nitrogen and oxygen atoms in total. The summed E-state index contributed by atoms with van der Waals surface area (Å²) in [5.74, 6) is 0. The van der Waals surface area contributed by atoms with Crippen LogP contribution in [0.15, 0.2) is 12.7 Å². The van der Waals surface area contributed by atoms with E-state index in [1.165, 1.54) is 0 Å². The molecule has 1 heterocycles. The van der Waals surface area contributed by atoms with Gasteiger partial charge < -0.3 is 10.1 Å². The Hall–Kier alpha value is -1.03. The fourth-order valence-electron chi connectivity index (χ4n) is 1.26. The van der Waals surface area contributed by atoms with E-state index in [2.05, 4.69) is 11.9 Å². The summed E-state index contributed by atoms with van der Waals surface area (Å²) in [6.07, 6.45) is 1.46. The normalized spacial score (nSPS) is 22.6. The quantitative estimate of drug-likeness (QED) is 0.613. The SMILES string of the molecule is C=CCN1C(=O)OCC1CNC. The van der Waals surface area contributed by atoms with Gasteiger partial charge >= 0.3 is 6.09 Å². The van der Waals surface area contributed by atoms with Gasteiger partial charge in [0.2, 0.25) is 0 Å². The van der Waals surface area contributed by atoms with Gasteiger partial charge in [-0.2, -0.15) is 0 Å². The second-order valence-electron chi connectivity index (χ2n) is 2.73. The van der Waals surface area contributed by atoms with Crippen LogP contribution in [0.25, 0.3) is 0 Å². The summed E-state index contributed by atoms with van der Waals surface area (Å²) in [6.45, 7) is 5.39. The molecule has 12 heavy (non-hydrogen) atoms. The molecule has 0 radical (unpaired) electrons. The van der Waals surface area contributed by atoms with Crippen molar-refractivity contribution in [2.24, 2.45) is 0 Å². The Bertz CT molecular complexity index is 182. The van der Waals surface area contributed by atoms with Gasteiger partial charge in [0.25, 0.3) is 0 Å². The van der Waals surface area contributed by atoms with Crippen LogP contribution in [0, 0.1) is 0 Å². The number of rotatable bonds is 4. The van der Waals surface area contributed by atoms with Crippen molar-refractivity contribution in [3.8, 4) is 0 Å². The highest BCUT2D eigenvalue weighted by Gasteiger charge is 2.30. The van der Waals surface area contributed by atoms with Crippen LogP contribution < -0.4 is 5.32 Å². The standard InChI is InChI=1S/C8H14N2O2/c1-3-4-10-7(5-9-2)6-12-8(10)11/h3,7,9H,1,4-6H2,2H3. The maximum atomic E-state index is 11.1. The molecule has 1 aliphatic rings. The van der Waals surface area contributed by atoms with Crippen LogP contribution in [0.1, 0.15) is 0 Å². The molecule has 68 valence electrons. The van der Waals surface area contributed by atoms with Crippen molar-refractivity contribution in [2.45, 2.75) is 6.04 Å². The lowest BCUT2D eigenvalue weighted by atomic mass is 10.3. The van der Waals surface area contributed by atoms with E-state index in [-0.39, 0.29) is 12.1 Å². The van der Waals surface area contributed by atoms with E-state index in [1.54, 1.807) is 11.0 Å². The van der Waals surface area contributed by atoms with Crippen molar-refractivity contribution in [3.63, 3.8) is 0 Å². The van der Waals surface area contributed by atoms with Gasteiger partial charge in [0.15, 0.2) is 0 Å². The average Bonchev–Trinajstić information content (AvgIpc) is 2.37. The number of nitrogens with one attached hydrogen (secondary N) is 1. The molecule has 0 bridgehead atoms. The number of hydrogen-bond donors (Lipinski definition) is 1. The van der Waals surface area contributed by atoms with Gasteiger partial charge in [0.05, 0.1) is 6.04 Å². The molecule has 1 amide bonds. The van der Waals surface area contributed by atoms with Crippen molar-refractivity contribution in [2.75, 3.05) is 26.7 Å². The smallest absolute Gasteiger partial charge is 0.410 e. The Morgan fingerprint density at radius 3 is 3.25 bits per heavy atom. The molecule has 0 aromatic heterocycles. The molecule has 1 atom stereocenters. The Labute approximate surface area is 72.2 Å². The number of likely N-dealkylation sites (N-methyl/N-ethyl adjacent to an activating group) is 1. The van der Waals surface area contributed by atoms with Gasteiger partial charge in [-0.1, -0.05) is 6.08 Å². The van der Waals surface area contributed by atoms with Crippen molar-refractivity contribution in [3.05, 3.63) is 12.7 Å². The molecule has 1 rings (SSSR count). The maximum Gasteiger partial charge on any atom is 0.410 e. The van der Waals surface area contributed by atoms with E-state index >= 15 is 0 Å². The van der Waals surface area contributed by atoms with E-state index in [9.17, 15) is 4.79 Å². The number of ether oxygens (including phenoxy) is 1. The Kier molecular flexibility index (Phi) is 3.10. The maximum absolute atomic E-state index is 11.1. The third-order valence-corrected chi connectivity index (χ3v) is 1.84. The monoisotopic (exact) mass is 170 g/mol. The first-order chi connectivity index (χ1) is 5.79. The van der Waals surface area contributed by atoms with Gasteiger partial charge in [-0.3, -0.25) is 4.90 Å². The predicted octanol–water partition coefficient (Wildman–Crippen LogP) is 0.213. The molecule has 1 N–H and O–H groups in total. The number of carbonyl (C=O) groups is 1. The number of amides is 1. The lowest BCUT2D eigenvalue weighted by Crippen LogP contribution is -2.39. The lowest BCUT2D eigenvalue weighted by Gasteiger charge is -2.18. The second kappa shape index (κ2) is 4.11. The first kappa shape index (κ1) is 9.06. The van der Waals surface area contributed by atoms with Gasteiger partial charge in [-0.15, -0.1) is 6.58 Å². The van der Waals surface area contributed by atoms with Gasteiger partial charge in [0.1, 0.15) is 6.61 Å². The first-order valence-electron chi connectivity index (χ1n) is 3.98. The molecule has 0 aromatic carbocycles. The van der Waals surface area contributed by atoms with E-state index in [0.29, 0.717) is 13.2 Å². The number of cyclic esters (lactones) is 1. The number of carbonyl (C=O) groups excluding carboxylic acids is 1. The second-order valence-corrected chi connectivity index (χ2v) is 2.73. The van der Waals surface area contributed by atoms with E-state index in [4.69, 9.17) is 4.74 Å². The zero-order chi connectivity index (χ0) is 8.97. The minimum atomic E-state index is -0.241. The molecule has 1 aliphatic heterocycles. The van der Waals surface area contributed by atoms with Crippen LogP contribution in [-0.4, -0.2) is 43.8 Å². The summed E-state index contributed by atoms with van der Waals surface area (Å²) in [6, 6.07) is 0.153.